The molecule has 1 atom stereocenters. The Hall–Kier alpha value is -1.02. The first-order valence-corrected chi connectivity index (χ1v) is 7.37. The van der Waals surface area contributed by atoms with Crippen molar-refractivity contribution in [2.24, 2.45) is 0 Å². The molecule has 1 rings (SSSR count). The summed E-state index contributed by atoms with van der Waals surface area (Å²) in [6.07, 6.45) is 1.26. The van der Waals surface area contributed by atoms with E-state index >= 15 is 0 Å². The summed E-state index contributed by atoms with van der Waals surface area (Å²) >= 11 is 0. The Bertz CT molecular complexity index is 393. The standard InChI is InChI=1S/C17H29NO/c1-7-14(12-18-8-2)19-16-10-9-13(3)11-15(16)17(4,5)6/h9-11,14,18H,7-8,12H2,1-6H3. The van der Waals surface area contributed by atoms with E-state index < -0.39 is 0 Å². The van der Waals surface area contributed by atoms with Gasteiger partial charge in [-0.2, -0.15) is 0 Å². The minimum atomic E-state index is 0.109. The number of hydrogen-bond donors (Lipinski definition) is 1. The van der Waals surface area contributed by atoms with Crippen molar-refractivity contribution >= 4 is 0 Å². The van der Waals surface area contributed by atoms with Crippen LogP contribution in [0, 0.1) is 6.92 Å². The maximum atomic E-state index is 6.22. The van der Waals surface area contributed by atoms with E-state index in [1.165, 1.54) is 11.1 Å². The van der Waals surface area contributed by atoms with E-state index in [0.717, 1.165) is 25.3 Å². The van der Waals surface area contributed by atoms with Crippen LogP contribution in [0.25, 0.3) is 0 Å². The van der Waals surface area contributed by atoms with Crippen LogP contribution in [0.15, 0.2) is 18.2 Å². The SMILES string of the molecule is CCNCC(CC)Oc1ccc(C)cc1C(C)(C)C. The molecule has 0 heterocycles. The predicted octanol–water partition coefficient (Wildman–Crippen LogP) is 4.06. The number of likely N-dealkylation sites (N-methyl/N-ethyl adjacent to an activating group) is 1. The average molecular weight is 263 g/mol. The van der Waals surface area contributed by atoms with Crippen LogP contribution >= 0.6 is 0 Å². The third-order valence-corrected chi connectivity index (χ3v) is 3.31. The van der Waals surface area contributed by atoms with Crippen LogP contribution in [0.1, 0.15) is 52.2 Å². The van der Waals surface area contributed by atoms with Gasteiger partial charge in [-0.3, -0.25) is 0 Å². The van der Waals surface area contributed by atoms with Crippen molar-refractivity contribution in [1.82, 2.24) is 5.32 Å². The molecule has 0 aliphatic carbocycles. The van der Waals surface area contributed by atoms with Crippen molar-refractivity contribution in [2.45, 2.75) is 59.5 Å². The summed E-state index contributed by atoms with van der Waals surface area (Å²) in [5.41, 5.74) is 2.69. The summed E-state index contributed by atoms with van der Waals surface area (Å²) in [5, 5.41) is 3.36. The number of nitrogens with one attached hydrogen (secondary N) is 1. The van der Waals surface area contributed by atoms with Gasteiger partial charge in [0, 0.05) is 6.54 Å². The molecule has 2 heteroatoms. The van der Waals surface area contributed by atoms with Crippen LogP contribution in [-0.2, 0) is 5.41 Å². The Labute approximate surface area is 118 Å². The molecule has 0 aliphatic heterocycles. The molecule has 1 aromatic rings. The van der Waals surface area contributed by atoms with Crippen LogP contribution in [0.5, 0.6) is 5.75 Å². The number of hydrogen-bond acceptors (Lipinski definition) is 2. The topological polar surface area (TPSA) is 21.3 Å². The molecule has 0 aliphatic rings. The van der Waals surface area contributed by atoms with Gasteiger partial charge in [-0.15, -0.1) is 0 Å². The van der Waals surface area contributed by atoms with Gasteiger partial charge in [0.2, 0.25) is 0 Å². The lowest BCUT2D eigenvalue weighted by Crippen LogP contribution is -2.31. The van der Waals surface area contributed by atoms with Gasteiger partial charge in [0.15, 0.2) is 0 Å². The Morgan fingerprint density at radius 1 is 1.21 bits per heavy atom. The second-order valence-corrected chi connectivity index (χ2v) is 6.21. The van der Waals surface area contributed by atoms with Gasteiger partial charge in [-0.05, 0) is 36.9 Å². The highest BCUT2D eigenvalue weighted by molar-refractivity contribution is 5.41. The van der Waals surface area contributed by atoms with Crippen molar-refractivity contribution in [3.05, 3.63) is 29.3 Å². The monoisotopic (exact) mass is 263 g/mol. The van der Waals surface area contributed by atoms with Gasteiger partial charge in [0.25, 0.3) is 0 Å². The highest BCUT2D eigenvalue weighted by Gasteiger charge is 2.20. The van der Waals surface area contributed by atoms with Crippen molar-refractivity contribution in [1.29, 1.82) is 0 Å². The smallest absolute Gasteiger partial charge is 0.123 e. The second kappa shape index (κ2) is 6.95. The van der Waals surface area contributed by atoms with Gasteiger partial charge >= 0.3 is 0 Å². The van der Waals surface area contributed by atoms with Crippen molar-refractivity contribution < 1.29 is 4.74 Å². The molecule has 1 unspecified atom stereocenters. The molecule has 0 amide bonds. The summed E-state index contributed by atoms with van der Waals surface area (Å²) in [5.74, 6) is 1.03. The zero-order valence-corrected chi connectivity index (χ0v) is 13.3. The highest BCUT2D eigenvalue weighted by Crippen LogP contribution is 2.32. The van der Waals surface area contributed by atoms with E-state index in [0.29, 0.717) is 0 Å². The summed E-state index contributed by atoms with van der Waals surface area (Å²) in [4.78, 5) is 0. The fraction of sp³-hybridized carbons (Fsp3) is 0.647. The lowest BCUT2D eigenvalue weighted by Gasteiger charge is -2.26. The zero-order chi connectivity index (χ0) is 14.5. The fourth-order valence-corrected chi connectivity index (χ4v) is 2.09. The van der Waals surface area contributed by atoms with Crippen LogP contribution in [0.4, 0.5) is 0 Å². The molecule has 0 saturated heterocycles. The van der Waals surface area contributed by atoms with Crippen molar-refractivity contribution in [3.8, 4) is 5.75 Å². The molecule has 19 heavy (non-hydrogen) atoms. The zero-order valence-electron chi connectivity index (χ0n) is 13.3. The first kappa shape index (κ1) is 16.0. The van der Waals surface area contributed by atoms with Crippen LogP contribution in [-0.4, -0.2) is 19.2 Å². The molecule has 0 saturated carbocycles. The van der Waals surface area contributed by atoms with E-state index in [1.807, 2.05) is 0 Å². The van der Waals surface area contributed by atoms with Gasteiger partial charge in [-0.25, -0.2) is 0 Å². The van der Waals surface area contributed by atoms with Crippen LogP contribution in [0.3, 0.4) is 0 Å². The third-order valence-electron chi connectivity index (χ3n) is 3.31. The summed E-state index contributed by atoms with van der Waals surface area (Å²) in [6.45, 7) is 15.0. The molecule has 108 valence electrons. The number of ether oxygens (including phenoxy) is 1. The molecule has 2 nitrogen and oxygen atoms in total. The van der Waals surface area contributed by atoms with Crippen LogP contribution < -0.4 is 10.1 Å². The Balaban J connectivity index is 2.93. The maximum absolute atomic E-state index is 6.22. The summed E-state index contributed by atoms with van der Waals surface area (Å²) in [7, 11) is 0. The Morgan fingerprint density at radius 3 is 2.42 bits per heavy atom. The maximum Gasteiger partial charge on any atom is 0.123 e. The second-order valence-electron chi connectivity index (χ2n) is 6.21. The largest absolute Gasteiger partial charge is 0.489 e. The molecule has 0 fully saturated rings. The molecule has 0 spiro atoms. The van der Waals surface area contributed by atoms with Gasteiger partial charge in [0.05, 0.1) is 0 Å². The van der Waals surface area contributed by atoms with E-state index in [2.05, 4.69) is 65.1 Å². The first-order valence-electron chi connectivity index (χ1n) is 7.37. The van der Waals surface area contributed by atoms with Gasteiger partial charge < -0.3 is 10.1 Å². The van der Waals surface area contributed by atoms with Gasteiger partial charge in [0.1, 0.15) is 11.9 Å². The quantitative estimate of drug-likeness (QED) is 0.835. The average Bonchev–Trinajstić information content (AvgIpc) is 2.34. The van der Waals surface area contributed by atoms with E-state index in [9.17, 15) is 0 Å². The highest BCUT2D eigenvalue weighted by atomic mass is 16.5. The summed E-state index contributed by atoms with van der Waals surface area (Å²) < 4.78 is 6.22. The molecule has 1 aromatic carbocycles. The summed E-state index contributed by atoms with van der Waals surface area (Å²) in [6, 6.07) is 6.49. The minimum Gasteiger partial charge on any atom is -0.489 e. The van der Waals surface area contributed by atoms with Gasteiger partial charge in [-0.1, -0.05) is 52.3 Å². The van der Waals surface area contributed by atoms with Crippen molar-refractivity contribution in [3.63, 3.8) is 0 Å². The number of benzene rings is 1. The first-order chi connectivity index (χ1) is 8.88. The lowest BCUT2D eigenvalue weighted by atomic mass is 9.85. The molecular formula is C17H29NO. The molecule has 1 N–H and O–H groups in total. The fourth-order valence-electron chi connectivity index (χ4n) is 2.09. The number of aryl methyl sites for hydroxylation is 1. The Kier molecular flexibility index (Phi) is 5.86. The third kappa shape index (κ3) is 4.87. The van der Waals surface area contributed by atoms with Crippen LogP contribution in [0.2, 0.25) is 0 Å². The molecular weight excluding hydrogens is 234 g/mol. The lowest BCUT2D eigenvalue weighted by molar-refractivity contribution is 0.190. The van der Waals surface area contributed by atoms with E-state index in [1.54, 1.807) is 0 Å². The van der Waals surface area contributed by atoms with E-state index in [4.69, 9.17) is 4.74 Å². The number of rotatable bonds is 6. The van der Waals surface area contributed by atoms with E-state index in [-0.39, 0.29) is 11.5 Å². The normalized spacial score (nSPS) is 13.4. The molecule has 0 aromatic heterocycles. The molecule has 0 bridgehead atoms. The Morgan fingerprint density at radius 2 is 1.89 bits per heavy atom. The molecule has 0 radical (unpaired) electrons. The predicted molar refractivity (Wildman–Crippen MR) is 83.1 cm³/mol. The van der Waals surface area contributed by atoms with Crippen molar-refractivity contribution in [2.75, 3.05) is 13.1 Å². The minimum absolute atomic E-state index is 0.109.